The van der Waals surface area contributed by atoms with Gasteiger partial charge in [-0.05, 0) is 17.7 Å². The molecule has 0 saturated heterocycles. The van der Waals surface area contributed by atoms with E-state index in [-0.39, 0.29) is 16.6 Å². The van der Waals surface area contributed by atoms with Crippen molar-refractivity contribution in [1.82, 2.24) is 14.5 Å². The van der Waals surface area contributed by atoms with Gasteiger partial charge in [-0.15, -0.1) is 0 Å². The van der Waals surface area contributed by atoms with Crippen molar-refractivity contribution in [2.24, 2.45) is 7.05 Å². The monoisotopic (exact) mass is 300 g/mol. The molecule has 3 N–H and O–H groups in total. The third-order valence-corrected chi connectivity index (χ3v) is 4.42. The van der Waals surface area contributed by atoms with Gasteiger partial charge in [0.1, 0.15) is 0 Å². The van der Waals surface area contributed by atoms with Gasteiger partial charge in [-0.2, -0.15) is 5.10 Å². The predicted molar refractivity (Wildman–Crippen MR) is 73.1 cm³/mol. The highest BCUT2D eigenvalue weighted by molar-refractivity contribution is 7.89. The van der Waals surface area contributed by atoms with Gasteiger partial charge in [0.2, 0.25) is 0 Å². The number of anilines is 1. The summed E-state index contributed by atoms with van der Waals surface area (Å²) in [5, 5.41) is 3.83. The number of hydrogen-bond acceptors (Lipinski definition) is 4. The maximum Gasteiger partial charge on any atom is 0.259 e. The quantitative estimate of drug-likeness (QED) is 0.828. The van der Waals surface area contributed by atoms with Gasteiger partial charge in [0, 0.05) is 19.3 Å². The molecule has 0 amide bonds. The van der Waals surface area contributed by atoms with Crippen molar-refractivity contribution >= 4 is 27.3 Å². The number of nitrogens with two attached hydrogens (primary N) is 1. The Bertz CT molecular complexity index is 677. The van der Waals surface area contributed by atoms with Gasteiger partial charge in [0.25, 0.3) is 10.0 Å². The lowest BCUT2D eigenvalue weighted by Gasteiger charge is -2.08. The van der Waals surface area contributed by atoms with Crippen molar-refractivity contribution in [1.29, 1.82) is 0 Å². The van der Waals surface area contributed by atoms with Crippen LogP contribution in [0.1, 0.15) is 5.56 Å². The van der Waals surface area contributed by atoms with Crippen LogP contribution in [0.3, 0.4) is 0 Å². The molecular formula is C11H13ClN4O2S. The lowest BCUT2D eigenvalue weighted by atomic mass is 10.2. The molecule has 0 bridgehead atoms. The van der Waals surface area contributed by atoms with Crippen LogP contribution < -0.4 is 10.5 Å². The first kappa shape index (κ1) is 13.9. The zero-order chi connectivity index (χ0) is 14.0. The third kappa shape index (κ3) is 3.06. The van der Waals surface area contributed by atoms with E-state index in [1.807, 2.05) is 0 Å². The maximum atomic E-state index is 12.1. The Hall–Kier alpha value is -1.57. The molecule has 6 nitrogen and oxygen atoms in total. The SMILES string of the molecule is Cn1ncc(Cl)c1S(=O)(=O)NCc1cccc(N)c1. The van der Waals surface area contributed by atoms with Crippen LogP contribution in [0.4, 0.5) is 5.69 Å². The van der Waals surface area contributed by atoms with Crippen molar-refractivity contribution in [2.75, 3.05) is 5.73 Å². The Balaban J connectivity index is 2.19. The first-order valence-electron chi connectivity index (χ1n) is 5.42. The van der Waals surface area contributed by atoms with E-state index < -0.39 is 10.0 Å². The van der Waals surface area contributed by atoms with Crippen LogP contribution in [0.25, 0.3) is 0 Å². The summed E-state index contributed by atoms with van der Waals surface area (Å²) in [5.74, 6) is 0. The van der Waals surface area contributed by atoms with Crippen LogP contribution in [-0.2, 0) is 23.6 Å². The molecule has 2 aromatic rings. The molecule has 19 heavy (non-hydrogen) atoms. The summed E-state index contributed by atoms with van der Waals surface area (Å²) >= 11 is 5.81. The predicted octanol–water partition coefficient (Wildman–Crippen LogP) is 1.13. The summed E-state index contributed by atoms with van der Waals surface area (Å²) in [6, 6.07) is 6.98. The molecule has 0 unspecified atom stereocenters. The van der Waals surface area contributed by atoms with Crippen LogP contribution in [0.15, 0.2) is 35.5 Å². The van der Waals surface area contributed by atoms with Gasteiger partial charge >= 0.3 is 0 Å². The number of aromatic nitrogens is 2. The van der Waals surface area contributed by atoms with Crippen LogP contribution >= 0.6 is 11.6 Å². The van der Waals surface area contributed by atoms with Crippen LogP contribution in [-0.4, -0.2) is 18.2 Å². The van der Waals surface area contributed by atoms with E-state index in [2.05, 4.69) is 9.82 Å². The smallest absolute Gasteiger partial charge is 0.259 e. The fourth-order valence-corrected chi connectivity index (χ4v) is 3.32. The van der Waals surface area contributed by atoms with Crippen molar-refractivity contribution in [2.45, 2.75) is 11.6 Å². The second-order valence-corrected chi connectivity index (χ2v) is 6.08. The molecule has 1 aromatic carbocycles. The fourth-order valence-electron chi connectivity index (χ4n) is 1.65. The van der Waals surface area contributed by atoms with Crippen LogP contribution in [0, 0.1) is 0 Å². The van der Waals surface area contributed by atoms with Gasteiger partial charge in [0.05, 0.1) is 11.2 Å². The minimum Gasteiger partial charge on any atom is -0.399 e. The van der Waals surface area contributed by atoms with E-state index in [9.17, 15) is 8.42 Å². The molecule has 0 aliphatic carbocycles. The molecule has 8 heteroatoms. The highest BCUT2D eigenvalue weighted by Gasteiger charge is 2.22. The summed E-state index contributed by atoms with van der Waals surface area (Å²) in [6.45, 7) is 0.134. The Labute approximate surface area is 116 Å². The second kappa shape index (κ2) is 5.20. The number of hydrogen-bond donors (Lipinski definition) is 2. The summed E-state index contributed by atoms with van der Waals surface area (Å²) in [4.78, 5) is 0. The highest BCUT2D eigenvalue weighted by atomic mass is 35.5. The molecule has 0 saturated carbocycles. The van der Waals surface area contributed by atoms with E-state index in [4.69, 9.17) is 17.3 Å². The third-order valence-electron chi connectivity index (χ3n) is 2.51. The molecule has 102 valence electrons. The number of nitrogen functional groups attached to an aromatic ring is 1. The number of benzene rings is 1. The minimum absolute atomic E-state index is 0.0573. The first-order valence-corrected chi connectivity index (χ1v) is 7.28. The lowest BCUT2D eigenvalue weighted by Crippen LogP contribution is -2.25. The Kier molecular flexibility index (Phi) is 3.79. The van der Waals surface area contributed by atoms with Gasteiger partial charge in [-0.3, -0.25) is 4.68 Å². The van der Waals surface area contributed by atoms with Crippen LogP contribution in [0.5, 0.6) is 0 Å². The summed E-state index contributed by atoms with van der Waals surface area (Å²) < 4.78 is 27.9. The van der Waals surface area contributed by atoms with Crippen LogP contribution in [0.2, 0.25) is 5.02 Å². The standard InChI is InChI=1S/C11H13ClN4O2S/c1-16-11(10(12)7-14-16)19(17,18)15-6-8-3-2-4-9(13)5-8/h2-5,7,15H,6,13H2,1H3. The molecule has 0 fully saturated rings. The van der Waals surface area contributed by atoms with Crippen molar-refractivity contribution in [3.63, 3.8) is 0 Å². The Morgan fingerprint density at radius 1 is 1.47 bits per heavy atom. The molecule has 0 radical (unpaired) electrons. The van der Waals surface area contributed by atoms with E-state index in [1.165, 1.54) is 17.9 Å². The van der Waals surface area contributed by atoms with E-state index in [0.29, 0.717) is 5.69 Å². The topological polar surface area (TPSA) is 90.0 Å². The number of sulfonamides is 1. The number of rotatable bonds is 4. The van der Waals surface area contributed by atoms with Crippen molar-refractivity contribution < 1.29 is 8.42 Å². The Morgan fingerprint density at radius 2 is 2.21 bits per heavy atom. The van der Waals surface area contributed by atoms with Gasteiger partial charge in [-0.25, -0.2) is 13.1 Å². The van der Waals surface area contributed by atoms with E-state index in [1.54, 1.807) is 24.3 Å². The van der Waals surface area contributed by atoms with Crippen molar-refractivity contribution in [3.05, 3.63) is 41.0 Å². The second-order valence-electron chi connectivity index (χ2n) is 3.99. The fraction of sp³-hybridized carbons (Fsp3) is 0.182. The van der Waals surface area contributed by atoms with Gasteiger partial charge in [-0.1, -0.05) is 23.7 Å². The molecule has 1 aromatic heterocycles. The lowest BCUT2D eigenvalue weighted by molar-refractivity contribution is 0.563. The number of nitrogens with one attached hydrogen (secondary N) is 1. The molecule has 2 rings (SSSR count). The molecule has 0 atom stereocenters. The molecular weight excluding hydrogens is 288 g/mol. The Morgan fingerprint density at radius 3 is 2.79 bits per heavy atom. The maximum absolute atomic E-state index is 12.1. The zero-order valence-corrected chi connectivity index (χ0v) is 11.7. The van der Waals surface area contributed by atoms with Crippen molar-refractivity contribution in [3.8, 4) is 0 Å². The largest absolute Gasteiger partial charge is 0.399 e. The van der Waals surface area contributed by atoms with Gasteiger partial charge < -0.3 is 5.73 Å². The number of aryl methyl sites for hydroxylation is 1. The molecule has 1 heterocycles. The molecule has 0 spiro atoms. The average molecular weight is 301 g/mol. The molecule has 0 aliphatic heterocycles. The number of nitrogens with zero attached hydrogens (tertiary/aromatic N) is 2. The number of halogens is 1. The average Bonchev–Trinajstić information content (AvgIpc) is 2.67. The highest BCUT2D eigenvalue weighted by Crippen LogP contribution is 2.19. The zero-order valence-electron chi connectivity index (χ0n) is 10.2. The summed E-state index contributed by atoms with van der Waals surface area (Å²) in [7, 11) is -2.20. The minimum atomic E-state index is -3.71. The van der Waals surface area contributed by atoms with E-state index >= 15 is 0 Å². The first-order chi connectivity index (χ1) is 8.90. The normalized spacial score (nSPS) is 11.7. The molecule has 0 aliphatic rings. The van der Waals surface area contributed by atoms with Gasteiger partial charge in [0.15, 0.2) is 5.03 Å². The van der Waals surface area contributed by atoms with E-state index in [0.717, 1.165) is 5.56 Å². The summed E-state index contributed by atoms with van der Waals surface area (Å²) in [5.41, 5.74) is 6.97. The summed E-state index contributed by atoms with van der Waals surface area (Å²) in [6.07, 6.45) is 1.29.